The third-order valence-corrected chi connectivity index (χ3v) is 5.70. The average Bonchev–Trinajstić information content (AvgIpc) is 3.11. The van der Waals surface area contributed by atoms with Crippen molar-refractivity contribution >= 4 is 29.9 Å². The fraction of sp³-hybridized carbons (Fsp3) is 0.348. The molecule has 7 nitrogen and oxygen atoms in total. The maximum absolute atomic E-state index is 14.2. The number of aryl methyl sites for hydroxylation is 1. The summed E-state index contributed by atoms with van der Waals surface area (Å²) in [5.74, 6) is 1.97. The number of benzene rings is 2. The zero-order valence-electron chi connectivity index (χ0n) is 18.8. The molecule has 176 valence electrons. The van der Waals surface area contributed by atoms with Gasteiger partial charge in [0.05, 0.1) is 20.2 Å². The SMILES string of the molecule is COc1ccc(CN=C(NCc2nnc(C)n2C)N2CCc3c(F)cc(F)cc3C2)cc1.I. The lowest BCUT2D eigenvalue weighted by Gasteiger charge is -2.32. The van der Waals surface area contributed by atoms with Crippen LogP contribution in [0, 0.1) is 18.6 Å². The Kier molecular flexibility index (Phi) is 8.22. The van der Waals surface area contributed by atoms with Crippen LogP contribution in [0.15, 0.2) is 41.4 Å². The summed E-state index contributed by atoms with van der Waals surface area (Å²) in [7, 11) is 3.53. The van der Waals surface area contributed by atoms with Crippen molar-refractivity contribution in [3.63, 3.8) is 0 Å². The fourth-order valence-corrected chi connectivity index (χ4v) is 3.72. The minimum Gasteiger partial charge on any atom is -0.497 e. The number of rotatable bonds is 5. The molecule has 2 heterocycles. The number of nitrogens with zero attached hydrogens (tertiary/aromatic N) is 5. The maximum Gasteiger partial charge on any atom is 0.194 e. The molecule has 0 unspecified atom stereocenters. The van der Waals surface area contributed by atoms with Crippen molar-refractivity contribution in [2.45, 2.75) is 33.0 Å². The van der Waals surface area contributed by atoms with Crippen LogP contribution in [0.5, 0.6) is 5.75 Å². The van der Waals surface area contributed by atoms with E-state index in [0.717, 1.165) is 29.0 Å². The molecule has 0 spiro atoms. The van der Waals surface area contributed by atoms with Gasteiger partial charge in [0.25, 0.3) is 0 Å². The first-order valence-corrected chi connectivity index (χ1v) is 10.4. The van der Waals surface area contributed by atoms with Gasteiger partial charge in [-0.05, 0) is 48.2 Å². The highest BCUT2D eigenvalue weighted by Crippen LogP contribution is 2.23. The number of methoxy groups -OCH3 is 1. The van der Waals surface area contributed by atoms with Gasteiger partial charge in [0.15, 0.2) is 11.8 Å². The highest BCUT2D eigenvalue weighted by atomic mass is 127. The number of halogens is 3. The Labute approximate surface area is 208 Å². The quantitative estimate of drug-likeness (QED) is 0.289. The van der Waals surface area contributed by atoms with E-state index in [9.17, 15) is 8.78 Å². The molecule has 0 aliphatic carbocycles. The molecule has 0 bridgehead atoms. The van der Waals surface area contributed by atoms with Crippen molar-refractivity contribution < 1.29 is 13.5 Å². The second kappa shape index (κ2) is 10.9. The van der Waals surface area contributed by atoms with Crippen molar-refractivity contribution in [2.75, 3.05) is 13.7 Å². The van der Waals surface area contributed by atoms with Crippen molar-refractivity contribution in [3.8, 4) is 5.75 Å². The molecule has 0 fully saturated rings. The molecule has 1 aliphatic heterocycles. The van der Waals surface area contributed by atoms with E-state index in [0.29, 0.717) is 49.7 Å². The van der Waals surface area contributed by atoms with Gasteiger partial charge < -0.3 is 19.5 Å². The first-order valence-electron chi connectivity index (χ1n) is 10.4. The largest absolute Gasteiger partial charge is 0.497 e. The highest BCUT2D eigenvalue weighted by molar-refractivity contribution is 14.0. The molecule has 33 heavy (non-hydrogen) atoms. The van der Waals surface area contributed by atoms with Gasteiger partial charge >= 0.3 is 0 Å². The third kappa shape index (κ3) is 5.79. The molecule has 0 atom stereocenters. The Hall–Kier alpha value is -2.76. The van der Waals surface area contributed by atoms with E-state index in [1.807, 2.05) is 47.7 Å². The number of nitrogens with one attached hydrogen (secondary N) is 1. The normalized spacial score (nSPS) is 13.4. The van der Waals surface area contributed by atoms with Gasteiger partial charge in [0, 0.05) is 26.2 Å². The van der Waals surface area contributed by atoms with Gasteiger partial charge in [-0.25, -0.2) is 13.8 Å². The van der Waals surface area contributed by atoms with Crippen LogP contribution in [-0.4, -0.2) is 39.3 Å². The Morgan fingerprint density at radius 1 is 1.18 bits per heavy atom. The number of fused-ring (bicyclic) bond motifs is 1. The second-order valence-corrected chi connectivity index (χ2v) is 7.76. The number of hydrogen-bond donors (Lipinski definition) is 1. The van der Waals surface area contributed by atoms with Crippen molar-refractivity contribution in [1.82, 2.24) is 25.0 Å². The topological polar surface area (TPSA) is 67.6 Å². The number of aliphatic imine (C=N–C) groups is 1. The lowest BCUT2D eigenvalue weighted by atomic mass is 9.99. The Morgan fingerprint density at radius 2 is 1.94 bits per heavy atom. The van der Waals surface area contributed by atoms with Crippen molar-refractivity contribution in [2.24, 2.45) is 12.0 Å². The molecule has 1 aromatic heterocycles. The van der Waals surface area contributed by atoms with Crippen molar-refractivity contribution in [1.29, 1.82) is 0 Å². The number of guanidine groups is 1. The highest BCUT2D eigenvalue weighted by Gasteiger charge is 2.23. The van der Waals surface area contributed by atoms with Gasteiger partial charge in [0.1, 0.15) is 23.2 Å². The Balaban J connectivity index is 0.00000306. The van der Waals surface area contributed by atoms with Crippen LogP contribution >= 0.6 is 24.0 Å². The molecular formula is C23H27F2IN6O. The summed E-state index contributed by atoms with van der Waals surface area (Å²) in [5.41, 5.74) is 2.23. The summed E-state index contributed by atoms with van der Waals surface area (Å²) < 4.78 is 35.1. The molecule has 0 saturated carbocycles. The average molecular weight is 568 g/mol. The van der Waals surface area contributed by atoms with E-state index in [2.05, 4.69) is 15.5 Å². The predicted molar refractivity (Wildman–Crippen MR) is 133 cm³/mol. The van der Waals surface area contributed by atoms with Crippen LogP contribution in [-0.2, 0) is 33.1 Å². The van der Waals surface area contributed by atoms with Crippen LogP contribution in [0.3, 0.4) is 0 Å². The molecule has 10 heteroatoms. The van der Waals surface area contributed by atoms with E-state index in [-0.39, 0.29) is 24.0 Å². The summed E-state index contributed by atoms with van der Waals surface area (Å²) >= 11 is 0. The molecule has 0 amide bonds. The number of aromatic nitrogens is 3. The maximum atomic E-state index is 14.2. The zero-order valence-corrected chi connectivity index (χ0v) is 21.1. The smallest absolute Gasteiger partial charge is 0.194 e. The first-order chi connectivity index (χ1) is 15.4. The van der Waals surface area contributed by atoms with Crippen LogP contribution in [0.1, 0.15) is 28.3 Å². The first kappa shape index (κ1) is 24.9. The number of ether oxygens (including phenoxy) is 1. The Bertz CT molecular complexity index is 1130. The van der Waals surface area contributed by atoms with Gasteiger partial charge in [-0.3, -0.25) is 0 Å². The monoisotopic (exact) mass is 568 g/mol. The van der Waals surface area contributed by atoms with Gasteiger partial charge in [0.2, 0.25) is 0 Å². The minimum absolute atomic E-state index is 0. The van der Waals surface area contributed by atoms with Crippen LogP contribution < -0.4 is 10.1 Å². The molecule has 0 radical (unpaired) electrons. The van der Waals surface area contributed by atoms with Crippen LogP contribution in [0.25, 0.3) is 0 Å². The van der Waals surface area contributed by atoms with Crippen LogP contribution in [0.4, 0.5) is 8.78 Å². The summed E-state index contributed by atoms with van der Waals surface area (Å²) in [6.45, 7) is 3.71. The molecule has 1 aliphatic rings. The number of hydrogen-bond acceptors (Lipinski definition) is 4. The third-order valence-electron chi connectivity index (χ3n) is 5.70. The summed E-state index contributed by atoms with van der Waals surface area (Å²) in [5, 5.41) is 11.6. The van der Waals surface area contributed by atoms with E-state index in [1.54, 1.807) is 7.11 Å². The van der Waals surface area contributed by atoms with Crippen molar-refractivity contribution in [3.05, 3.63) is 76.4 Å². The van der Waals surface area contributed by atoms with Gasteiger partial charge in [-0.15, -0.1) is 34.2 Å². The minimum atomic E-state index is -0.567. The standard InChI is InChI=1S/C23H26F2N6O.HI/c1-15-28-29-22(30(15)2)13-27-23(26-12-16-4-6-19(32-3)7-5-16)31-9-8-20-17(14-31)10-18(24)11-21(20)25;/h4-7,10-11H,8-9,12-14H2,1-3H3,(H,26,27);1H. The molecule has 3 aromatic rings. The van der Waals surface area contributed by atoms with E-state index in [1.165, 1.54) is 6.07 Å². The van der Waals surface area contributed by atoms with Gasteiger partial charge in [-0.1, -0.05) is 12.1 Å². The fourth-order valence-electron chi connectivity index (χ4n) is 3.72. The van der Waals surface area contributed by atoms with E-state index < -0.39 is 11.6 Å². The van der Waals surface area contributed by atoms with Gasteiger partial charge in [-0.2, -0.15) is 0 Å². The van der Waals surface area contributed by atoms with E-state index in [4.69, 9.17) is 9.73 Å². The lowest BCUT2D eigenvalue weighted by molar-refractivity contribution is 0.368. The van der Waals surface area contributed by atoms with Crippen LogP contribution in [0.2, 0.25) is 0 Å². The zero-order chi connectivity index (χ0) is 22.7. The summed E-state index contributed by atoms with van der Waals surface area (Å²) in [4.78, 5) is 6.80. The predicted octanol–water partition coefficient (Wildman–Crippen LogP) is 3.73. The lowest BCUT2D eigenvalue weighted by Crippen LogP contribution is -2.44. The summed E-state index contributed by atoms with van der Waals surface area (Å²) in [6.07, 6.45) is 0.480. The Morgan fingerprint density at radius 3 is 2.61 bits per heavy atom. The van der Waals surface area contributed by atoms with E-state index >= 15 is 0 Å². The molecular weight excluding hydrogens is 541 g/mol. The molecule has 1 N–H and O–H groups in total. The molecule has 0 saturated heterocycles. The summed E-state index contributed by atoms with van der Waals surface area (Å²) in [6, 6.07) is 10.1. The second-order valence-electron chi connectivity index (χ2n) is 7.76. The molecule has 2 aromatic carbocycles. The molecule has 4 rings (SSSR count).